The molecule has 8 heterocycles. The Morgan fingerprint density at radius 3 is 1.22 bits per heavy atom. The van der Waals surface area contributed by atoms with Crippen molar-refractivity contribution in [2.75, 3.05) is 26.1 Å². The van der Waals surface area contributed by atoms with E-state index >= 15 is 0 Å². The molecular formula is C90H124N8. The molecule has 8 nitrogen and oxygen atoms in total. The van der Waals surface area contributed by atoms with Gasteiger partial charge in [0.2, 0.25) is 0 Å². The van der Waals surface area contributed by atoms with Crippen molar-refractivity contribution in [3.8, 4) is 0 Å². The van der Waals surface area contributed by atoms with Crippen LogP contribution in [0.15, 0.2) is 222 Å². The van der Waals surface area contributed by atoms with Gasteiger partial charge in [-0.05, 0) is 235 Å². The maximum atomic E-state index is 9.21. The molecule has 98 heavy (non-hydrogen) atoms. The van der Waals surface area contributed by atoms with E-state index in [9.17, 15) is 1.37 Å². The Morgan fingerprint density at radius 1 is 0.378 bits per heavy atom. The fourth-order valence-corrected chi connectivity index (χ4v) is 20.0. The van der Waals surface area contributed by atoms with Crippen LogP contribution in [0.3, 0.4) is 0 Å². The first-order chi connectivity index (χ1) is 46.8. The van der Waals surface area contributed by atoms with Crippen molar-refractivity contribution in [2.24, 2.45) is 23.7 Å². The predicted molar refractivity (Wildman–Crippen MR) is 421 cm³/mol. The molecule has 0 radical (unpaired) electrons. The third-order valence-corrected chi connectivity index (χ3v) is 24.4. The van der Waals surface area contributed by atoms with Gasteiger partial charge in [-0.15, -0.1) is 0 Å². The number of aryl methyl sites for hydroxylation is 4. The fourth-order valence-electron chi connectivity index (χ4n) is 20.0. The number of allylic oxidation sites excluding steroid dienone is 8. The van der Waals surface area contributed by atoms with E-state index in [4.69, 9.17) is 2.74 Å². The van der Waals surface area contributed by atoms with Crippen LogP contribution in [0, 0.1) is 51.4 Å². The van der Waals surface area contributed by atoms with Gasteiger partial charge in [0.05, 0.1) is 44.0 Å². The third kappa shape index (κ3) is 12.2. The summed E-state index contributed by atoms with van der Waals surface area (Å²) in [6.45, 7) is 25.3. The lowest BCUT2D eigenvalue weighted by Crippen LogP contribution is -2.57. The van der Waals surface area contributed by atoms with Crippen molar-refractivity contribution >= 4 is 22.7 Å². The van der Waals surface area contributed by atoms with E-state index in [-0.39, 0.29) is 53.1 Å². The van der Waals surface area contributed by atoms with Gasteiger partial charge in [-0.25, -0.2) is 0 Å². The van der Waals surface area contributed by atoms with E-state index in [1.165, 1.54) is 182 Å². The molecule has 0 saturated heterocycles. The molecule has 4 aliphatic carbocycles. The molecule has 0 aromatic heterocycles. The summed E-state index contributed by atoms with van der Waals surface area (Å²) in [5.41, 5.74) is 22.3. The van der Waals surface area contributed by atoms with Gasteiger partial charge in [0.1, 0.15) is 24.7 Å². The highest BCUT2D eigenvalue weighted by molar-refractivity contribution is 5.67. The summed E-state index contributed by atoms with van der Waals surface area (Å²) < 4.78 is 25.4. The Labute approximate surface area is 599 Å². The molecule has 0 spiro atoms. The molecule has 17 rings (SSSR count). The minimum absolute atomic E-state index is 0. The first kappa shape index (κ1) is 68.9. The monoisotopic (exact) mass is 1320 g/mol. The maximum absolute atomic E-state index is 9.21. The highest BCUT2D eigenvalue weighted by Crippen LogP contribution is 2.58. The van der Waals surface area contributed by atoms with Crippen LogP contribution >= 0.6 is 0 Å². The van der Waals surface area contributed by atoms with Gasteiger partial charge >= 0.3 is 0 Å². The average Bonchev–Trinajstić information content (AvgIpc) is 1.56. The van der Waals surface area contributed by atoms with Crippen LogP contribution in [-0.2, 0) is 5.54 Å². The van der Waals surface area contributed by atoms with Crippen LogP contribution in [0.1, 0.15) is 220 Å². The van der Waals surface area contributed by atoms with Crippen molar-refractivity contribution < 1.29 is 4.11 Å². The number of hydrogen-bond donors (Lipinski definition) is 0. The fraction of sp³-hybridized carbons (Fsp3) is 0.489. The molecule has 8 aliphatic heterocycles. The molecule has 6 atom stereocenters. The van der Waals surface area contributed by atoms with Gasteiger partial charge < -0.3 is 39.2 Å². The maximum Gasteiger partial charge on any atom is 0.104 e. The second-order valence-electron chi connectivity index (χ2n) is 29.4. The zero-order chi connectivity index (χ0) is 67.9. The smallest absolute Gasteiger partial charge is 0.104 e. The highest BCUT2D eigenvalue weighted by atomic mass is 15.5. The number of nitrogens with zero attached hydrogens (tertiary/aromatic N) is 8. The summed E-state index contributed by atoms with van der Waals surface area (Å²) >= 11 is 0. The minimum atomic E-state index is -1.40. The van der Waals surface area contributed by atoms with Gasteiger partial charge in [0.15, 0.2) is 0 Å². The Bertz CT molecular complexity index is 4000. The van der Waals surface area contributed by atoms with E-state index in [1.54, 1.807) is 6.08 Å². The molecule has 8 heteroatoms. The second kappa shape index (κ2) is 30.1. The normalized spacial score (nSPS) is 27.4. The quantitative estimate of drug-likeness (QED) is 0.144. The van der Waals surface area contributed by atoms with Gasteiger partial charge in [-0.1, -0.05) is 209 Å². The number of fused-ring (bicyclic) bond motifs is 4. The van der Waals surface area contributed by atoms with Crippen LogP contribution in [0.25, 0.3) is 0 Å². The zero-order valence-corrected chi connectivity index (χ0v) is 58.8. The van der Waals surface area contributed by atoms with Gasteiger partial charge in [0.25, 0.3) is 0 Å². The van der Waals surface area contributed by atoms with Gasteiger partial charge in [-0.3, -0.25) is 0 Å². The van der Waals surface area contributed by atoms with Crippen molar-refractivity contribution in [3.05, 3.63) is 249 Å². The molecule has 524 valence electrons. The number of anilines is 4. The molecule has 0 N–H and O–H groups in total. The van der Waals surface area contributed by atoms with E-state index in [0.29, 0.717) is 24.2 Å². The molecule has 4 fully saturated rings. The van der Waals surface area contributed by atoms with Crippen molar-refractivity contribution in [1.82, 2.24) is 19.6 Å². The zero-order valence-electron chi connectivity index (χ0n) is 61.8. The summed E-state index contributed by atoms with van der Waals surface area (Å²) in [6.07, 6.45) is 40.5. The van der Waals surface area contributed by atoms with Crippen LogP contribution in [0.4, 0.5) is 22.7 Å². The largest absolute Gasteiger partial charge is 0.346 e. The predicted octanol–water partition coefficient (Wildman–Crippen LogP) is 23.4. The van der Waals surface area contributed by atoms with Crippen molar-refractivity contribution in [3.63, 3.8) is 0 Å². The van der Waals surface area contributed by atoms with E-state index in [1.807, 2.05) is 30.0 Å². The molecule has 5 aromatic rings. The number of benzene rings is 5. The van der Waals surface area contributed by atoms with E-state index < -0.39 is 12.5 Å². The summed E-state index contributed by atoms with van der Waals surface area (Å²) in [6, 6.07) is 45.1. The molecular weight excluding hydrogens is 1190 g/mol. The topological polar surface area (TPSA) is 25.9 Å². The molecule has 12 aliphatic rings. The first-order valence-corrected chi connectivity index (χ1v) is 36.5. The lowest BCUT2D eigenvalue weighted by atomic mass is 9.71. The summed E-state index contributed by atoms with van der Waals surface area (Å²) in [5, 5.41) is 0. The SMILES string of the molecule is C.C.C.C.CC1=C2C=CC(C3CCCC3)(C3CCCC3)N2C(C)N1c1ccccc1C.CC1=C2C=CC(c3ccccc3)(C3CCCC3)N2C(C)N1c1ccccc1C.[2H]C1(C2CCCC2)C=CC2=C(C)N(c3ccccc3C)C(C)N21.[2H]C1([2H])C=CC2=C(C)N(c3ccccc3C)C(C)N21. The van der Waals surface area contributed by atoms with Crippen LogP contribution in [0.2, 0.25) is 0 Å². The lowest BCUT2D eigenvalue weighted by Gasteiger charge is -2.50. The molecule has 0 amide bonds. The number of hydrogen-bond acceptors (Lipinski definition) is 8. The average molecular weight is 1320 g/mol. The Hall–Kier alpha value is -7.58. The first-order valence-electron chi connectivity index (χ1n) is 38.0. The lowest BCUT2D eigenvalue weighted by molar-refractivity contribution is 0.0471. The molecule has 5 aromatic carbocycles. The Morgan fingerprint density at radius 2 is 0.755 bits per heavy atom. The van der Waals surface area contributed by atoms with Crippen molar-refractivity contribution in [2.45, 2.75) is 257 Å². The Balaban J connectivity index is 0.000000145. The Kier molecular flexibility index (Phi) is 21.2. The standard InChI is InChI=1S/C26H30N2.C25H34N2.C20H26N2.C15H18N2.4CH4/c1-19-11-7-10-16-24(19)27-20(2)25-17-18-26(28(25)21(27)3,23-14-8-9-15-23)22-12-5-4-6-13-22;1-18-10-4-9-15-23(18)26-19(2)24-16-17-25(27(24)20(26)3,21-11-5-6-12-21)22-13-7-8-14-22;1-14-8-4-7-11-18(14)21-15(2)19-12-13-20(22(19)16(21)3)17-9-5-6-10-17;1-11-7-4-5-8-14(11)17-12(2)15-9-6-10-16(15)13(17)3;;;;/h4-7,10-13,16-18,21,23H,8-9,14-15H2,1-3H3;4,9-10,15-17,20-22H,5-8,11-14H2,1-3H3;4,7-8,11-13,16-17,20H,5-6,9-10H2,1-3H3;4-9,13H,10H2,1-3H3;4*1H4/i;;20D;10D2;;;;. The molecule has 4 saturated carbocycles. The van der Waals surface area contributed by atoms with E-state index in [2.05, 4.69) is 262 Å². The minimum Gasteiger partial charge on any atom is -0.346 e. The second-order valence-corrected chi connectivity index (χ2v) is 29.4. The molecule has 6 unspecified atom stereocenters. The summed E-state index contributed by atoms with van der Waals surface area (Å²) in [7, 11) is 0. The van der Waals surface area contributed by atoms with Crippen LogP contribution in [0.5, 0.6) is 0 Å². The molecule has 0 bridgehead atoms. The van der Waals surface area contributed by atoms with Crippen LogP contribution < -0.4 is 19.6 Å². The third-order valence-electron chi connectivity index (χ3n) is 24.4. The number of rotatable bonds is 9. The van der Waals surface area contributed by atoms with E-state index in [0.717, 1.165) is 28.9 Å². The number of para-hydroxylation sites is 4. The van der Waals surface area contributed by atoms with Crippen LogP contribution in [-0.4, -0.2) is 62.3 Å². The summed E-state index contributed by atoms with van der Waals surface area (Å²) in [4.78, 5) is 19.5. The highest BCUT2D eigenvalue weighted by Gasteiger charge is 2.57. The van der Waals surface area contributed by atoms with Crippen molar-refractivity contribution in [1.29, 1.82) is 0 Å². The summed E-state index contributed by atoms with van der Waals surface area (Å²) in [5.74, 6) is 2.81. The van der Waals surface area contributed by atoms with Gasteiger partial charge in [0, 0.05) is 52.0 Å². The van der Waals surface area contributed by atoms with Gasteiger partial charge in [-0.2, -0.15) is 0 Å².